The molecule has 0 spiro atoms. The Morgan fingerprint density at radius 3 is 2.31 bits per heavy atom. The van der Waals surface area contributed by atoms with Crippen molar-refractivity contribution in [3.63, 3.8) is 0 Å². The van der Waals surface area contributed by atoms with Gasteiger partial charge in [-0.15, -0.1) is 0 Å². The lowest BCUT2D eigenvalue weighted by Crippen LogP contribution is -2.41. The molecule has 0 saturated heterocycles. The van der Waals surface area contributed by atoms with Crippen molar-refractivity contribution in [1.82, 2.24) is 5.32 Å². The number of hydrogen-bond acceptors (Lipinski definition) is 4. The molecule has 3 N–H and O–H groups in total. The molecule has 7 heteroatoms. The molecule has 0 bridgehead atoms. The van der Waals surface area contributed by atoms with Gasteiger partial charge in [0.15, 0.2) is 0 Å². The number of rotatable bonds is 8. The van der Waals surface area contributed by atoms with Gasteiger partial charge in [0.25, 0.3) is 0 Å². The molecule has 0 saturated carbocycles. The number of carboxylic acid groups (broad SMARTS) is 2. The molecular weight excluding hydrogens is 218 g/mol. The van der Waals surface area contributed by atoms with Crippen LogP contribution in [0.3, 0.4) is 0 Å². The Morgan fingerprint density at radius 2 is 1.88 bits per heavy atom. The fourth-order valence-corrected chi connectivity index (χ4v) is 0.986. The van der Waals surface area contributed by atoms with E-state index in [0.29, 0.717) is 0 Å². The van der Waals surface area contributed by atoms with Crippen LogP contribution >= 0.6 is 0 Å². The lowest BCUT2D eigenvalue weighted by atomic mass is 10.1. The van der Waals surface area contributed by atoms with E-state index in [9.17, 15) is 14.4 Å². The Morgan fingerprint density at radius 1 is 1.25 bits per heavy atom. The molecule has 0 rings (SSSR count). The van der Waals surface area contributed by atoms with Crippen molar-refractivity contribution < 1.29 is 29.3 Å². The van der Waals surface area contributed by atoms with Crippen LogP contribution in [0.1, 0.15) is 19.3 Å². The van der Waals surface area contributed by atoms with Crippen LogP contribution in [-0.4, -0.2) is 47.8 Å². The molecule has 0 unspecified atom stereocenters. The molecule has 0 aliphatic heterocycles. The monoisotopic (exact) mass is 233 g/mol. The predicted octanol–water partition coefficient (Wildman–Crippen LogP) is -0.543. The SMILES string of the molecule is COCCC(=O)N[C@@H](CCC(=O)O)C(=O)O. The van der Waals surface area contributed by atoms with Crippen molar-refractivity contribution in [2.45, 2.75) is 25.3 Å². The van der Waals surface area contributed by atoms with E-state index in [1.54, 1.807) is 0 Å². The maximum Gasteiger partial charge on any atom is 0.326 e. The zero-order chi connectivity index (χ0) is 12.6. The van der Waals surface area contributed by atoms with Crippen LogP contribution < -0.4 is 5.32 Å². The van der Waals surface area contributed by atoms with Crippen LogP contribution in [0.2, 0.25) is 0 Å². The van der Waals surface area contributed by atoms with Crippen LogP contribution in [0.25, 0.3) is 0 Å². The van der Waals surface area contributed by atoms with Gasteiger partial charge in [-0.3, -0.25) is 9.59 Å². The molecule has 16 heavy (non-hydrogen) atoms. The van der Waals surface area contributed by atoms with Gasteiger partial charge in [0, 0.05) is 20.0 Å². The second-order valence-electron chi connectivity index (χ2n) is 3.13. The summed E-state index contributed by atoms with van der Waals surface area (Å²) >= 11 is 0. The molecule has 0 aromatic carbocycles. The zero-order valence-corrected chi connectivity index (χ0v) is 8.93. The maximum atomic E-state index is 11.2. The van der Waals surface area contributed by atoms with E-state index in [0.717, 1.165) is 0 Å². The van der Waals surface area contributed by atoms with Crippen molar-refractivity contribution in [2.24, 2.45) is 0 Å². The Kier molecular flexibility index (Phi) is 6.86. The van der Waals surface area contributed by atoms with E-state index in [4.69, 9.17) is 10.2 Å². The van der Waals surface area contributed by atoms with Gasteiger partial charge in [0.1, 0.15) is 6.04 Å². The highest BCUT2D eigenvalue weighted by Crippen LogP contribution is 1.98. The lowest BCUT2D eigenvalue weighted by Gasteiger charge is -2.13. The van der Waals surface area contributed by atoms with Gasteiger partial charge in [-0.1, -0.05) is 0 Å². The first-order valence-electron chi connectivity index (χ1n) is 4.70. The summed E-state index contributed by atoms with van der Waals surface area (Å²) in [6.45, 7) is 0.192. The van der Waals surface area contributed by atoms with Gasteiger partial charge < -0.3 is 20.3 Å². The highest BCUT2D eigenvalue weighted by molar-refractivity contribution is 5.83. The van der Waals surface area contributed by atoms with Crippen LogP contribution in [0, 0.1) is 0 Å². The number of carbonyl (C=O) groups is 3. The fraction of sp³-hybridized carbons (Fsp3) is 0.667. The summed E-state index contributed by atoms with van der Waals surface area (Å²) in [5.74, 6) is -2.82. The fourth-order valence-electron chi connectivity index (χ4n) is 0.986. The van der Waals surface area contributed by atoms with Crippen molar-refractivity contribution in [3.8, 4) is 0 Å². The Bertz CT molecular complexity index is 265. The molecule has 0 aliphatic carbocycles. The van der Waals surface area contributed by atoms with Crippen LogP contribution in [0.5, 0.6) is 0 Å². The molecular formula is C9H15NO6. The molecule has 0 aliphatic rings. The van der Waals surface area contributed by atoms with E-state index in [1.165, 1.54) is 7.11 Å². The summed E-state index contributed by atoms with van der Waals surface area (Å²) in [5, 5.41) is 19.3. The highest BCUT2D eigenvalue weighted by Gasteiger charge is 2.20. The molecule has 0 aromatic rings. The maximum absolute atomic E-state index is 11.2. The average molecular weight is 233 g/mol. The van der Waals surface area contributed by atoms with E-state index in [2.05, 4.69) is 10.1 Å². The third-order valence-corrected chi connectivity index (χ3v) is 1.81. The normalized spacial score (nSPS) is 11.8. The number of hydrogen-bond donors (Lipinski definition) is 3. The van der Waals surface area contributed by atoms with Crippen molar-refractivity contribution >= 4 is 17.8 Å². The zero-order valence-electron chi connectivity index (χ0n) is 8.93. The molecule has 1 atom stereocenters. The third-order valence-electron chi connectivity index (χ3n) is 1.81. The highest BCUT2D eigenvalue weighted by atomic mass is 16.5. The molecule has 0 radical (unpaired) electrons. The largest absolute Gasteiger partial charge is 0.481 e. The topological polar surface area (TPSA) is 113 Å². The van der Waals surface area contributed by atoms with Crippen molar-refractivity contribution in [1.29, 1.82) is 0 Å². The summed E-state index contributed by atoms with van der Waals surface area (Å²) < 4.78 is 4.65. The molecule has 0 heterocycles. The van der Waals surface area contributed by atoms with E-state index >= 15 is 0 Å². The smallest absolute Gasteiger partial charge is 0.326 e. The number of amides is 1. The Labute approximate surface area is 92.4 Å². The van der Waals surface area contributed by atoms with Crippen LogP contribution in [0.4, 0.5) is 0 Å². The number of aliphatic carboxylic acids is 2. The van der Waals surface area contributed by atoms with Gasteiger partial charge in [0.05, 0.1) is 6.61 Å². The minimum atomic E-state index is -1.24. The second kappa shape index (κ2) is 7.63. The number of ether oxygens (including phenoxy) is 1. The van der Waals surface area contributed by atoms with Gasteiger partial charge >= 0.3 is 11.9 Å². The minimum absolute atomic E-state index is 0.0490. The summed E-state index contributed by atoms with van der Waals surface area (Å²) in [4.78, 5) is 32.1. The van der Waals surface area contributed by atoms with Crippen molar-refractivity contribution in [2.75, 3.05) is 13.7 Å². The lowest BCUT2D eigenvalue weighted by molar-refractivity contribution is -0.143. The number of carbonyl (C=O) groups excluding carboxylic acids is 1. The van der Waals surface area contributed by atoms with Gasteiger partial charge in [-0.05, 0) is 6.42 Å². The van der Waals surface area contributed by atoms with Crippen LogP contribution in [-0.2, 0) is 19.1 Å². The first-order chi connectivity index (χ1) is 7.47. The van der Waals surface area contributed by atoms with Gasteiger partial charge in [-0.25, -0.2) is 4.79 Å². The number of nitrogens with one attached hydrogen (secondary N) is 1. The van der Waals surface area contributed by atoms with E-state index in [1.807, 2.05) is 0 Å². The van der Waals surface area contributed by atoms with Crippen molar-refractivity contribution in [3.05, 3.63) is 0 Å². The van der Waals surface area contributed by atoms with Gasteiger partial charge in [-0.2, -0.15) is 0 Å². The minimum Gasteiger partial charge on any atom is -0.481 e. The molecule has 7 nitrogen and oxygen atoms in total. The summed E-state index contributed by atoms with van der Waals surface area (Å²) in [7, 11) is 1.42. The Balaban J connectivity index is 4.07. The quantitative estimate of drug-likeness (QED) is 0.518. The van der Waals surface area contributed by atoms with Gasteiger partial charge in [0.2, 0.25) is 5.91 Å². The standard InChI is InChI=1S/C9H15NO6/c1-16-5-4-7(11)10-6(9(14)15)2-3-8(12)13/h6H,2-5H2,1H3,(H,10,11)(H,12,13)(H,14,15)/t6-/m0/s1. The summed E-state index contributed by atoms with van der Waals surface area (Å²) in [6, 6.07) is -1.17. The second-order valence-corrected chi connectivity index (χ2v) is 3.13. The predicted molar refractivity (Wildman–Crippen MR) is 52.9 cm³/mol. The molecule has 0 aromatic heterocycles. The molecule has 0 fully saturated rings. The summed E-state index contributed by atoms with van der Waals surface area (Å²) in [6.07, 6.45) is -0.391. The summed E-state index contributed by atoms with van der Waals surface area (Å²) in [5.41, 5.74) is 0. The molecule has 1 amide bonds. The first kappa shape index (κ1) is 14.4. The number of methoxy groups -OCH3 is 1. The van der Waals surface area contributed by atoms with Crippen LogP contribution in [0.15, 0.2) is 0 Å². The molecule has 92 valence electrons. The third kappa shape index (κ3) is 6.77. The average Bonchev–Trinajstić information content (AvgIpc) is 2.20. The van der Waals surface area contributed by atoms with E-state index in [-0.39, 0.29) is 25.9 Å². The van der Waals surface area contributed by atoms with E-state index < -0.39 is 23.9 Å². The number of carboxylic acids is 2. The first-order valence-corrected chi connectivity index (χ1v) is 4.70. The Hall–Kier alpha value is -1.63.